The van der Waals surface area contributed by atoms with Gasteiger partial charge in [-0.15, -0.1) is 0 Å². The van der Waals surface area contributed by atoms with E-state index in [0.29, 0.717) is 16.7 Å². The average molecular weight is 401 g/mol. The molecule has 0 atom stereocenters. The summed E-state index contributed by atoms with van der Waals surface area (Å²) >= 11 is 6.03. The van der Waals surface area contributed by atoms with Gasteiger partial charge in [-0.25, -0.2) is 10.4 Å². The van der Waals surface area contributed by atoms with Crippen molar-refractivity contribution in [3.8, 4) is 11.3 Å². The van der Waals surface area contributed by atoms with Gasteiger partial charge in [-0.2, -0.15) is 5.10 Å². The maximum atomic E-state index is 6.15. The summed E-state index contributed by atoms with van der Waals surface area (Å²) in [5.74, 6) is 1.30. The third-order valence-corrected chi connectivity index (χ3v) is 4.95. The summed E-state index contributed by atoms with van der Waals surface area (Å²) in [5, 5.41) is 6.96. The van der Waals surface area contributed by atoms with Crippen LogP contribution in [-0.4, -0.2) is 9.97 Å². The maximum Gasteiger partial charge on any atom is 0.222 e. The predicted molar refractivity (Wildman–Crippen MR) is 117 cm³/mol. The molecule has 0 aliphatic heterocycles. The van der Waals surface area contributed by atoms with Crippen LogP contribution in [0.3, 0.4) is 0 Å². The highest BCUT2D eigenvalue weighted by atomic mass is 35.5. The van der Waals surface area contributed by atoms with Crippen molar-refractivity contribution in [2.24, 2.45) is 5.10 Å². The van der Waals surface area contributed by atoms with Crippen LogP contribution in [0.2, 0.25) is 5.02 Å². The van der Waals surface area contributed by atoms with Gasteiger partial charge in [-0.05, 0) is 61.0 Å². The number of aromatic amines is 1. The summed E-state index contributed by atoms with van der Waals surface area (Å²) in [5.41, 5.74) is 7.69. The van der Waals surface area contributed by atoms with Crippen molar-refractivity contribution in [2.75, 3.05) is 5.43 Å². The van der Waals surface area contributed by atoms with Crippen LogP contribution in [0.25, 0.3) is 33.3 Å². The van der Waals surface area contributed by atoms with Gasteiger partial charge < -0.3 is 9.40 Å². The quantitative estimate of drug-likeness (QED) is 0.372. The third-order valence-electron chi connectivity index (χ3n) is 4.70. The van der Waals surface area contributed by atoms with Gasteiger partial charge in [0.15, 0.2) is 0 Å². The van der Waals surface area contributed by atoms with Crippen LogP contribution in [0.15, 0.2) is 82.3 Å². The lowest BCUT2D eigenvalue weighted by Crippen LogP contribution is -2.08. The molecule has 2 aromatic heterocycles. The van der Waals surface area contributed by atoms with E-state index in [-0.39, 0.29) is 0 Å². The Balaban J connectivity index is 1.64. The number of hydrogen-bond acceptors (Lipinski definition) is 4. The topological polar surface area (TPSA) is 66.2 Å². The maximum absolute atomic E-state index is 6.15. The molecule has 0 aliphatic rings. The van der Waals surface area contributed by atoms with Gasteiger partial charge in [-0.1, -0.05) is 29.8 Å². The molecular formula is C23H17ClN4O. The highest BCUT2D eigenvalue weighted by molar-refractivity contribution is 6.30. The summed E-state index contributed by atoms with van der Waals surface area (Å²) in [6, 6.07) is 23.4. The first-order valence-electron chi connectivity index (χ1n) is 9.21. The SMILES string of the molecule is Cc1ccc2/c(=N/Nc3nc4ccccc4[nH]3)cc(-c3ccc(Cl)cc3)oc2c1. The van der Waals surface area contributed by atoms with Gasteiger partial charge in [0.25, 0.3) is 0 Å². The van der Waals surface area contributed by atoms with Crippen LogP contribution in [0.1, 0.15) is 5.56 Å². The Morgan fingerprint density at radius 1 is 1.00 bits per heavy atom. The third kappa shape index (κ3) is 3.48. The summed E-state index contributed by atoms with van der Waals surface area (Å²) < 4.78 is 6.15. The largest absolute Gasteiger partial charge is 0.456 e. The molecule has 5 aromatic rings. The molecule has 0 amide bonds. The summed E-state index contributed by atoms with van der Waals surface area (Å²) in [6.07, 6.45) is 0. The lowest BCUT2D eigenvalue weighted by Gasteiger charge is -2.06. The summed E-state index contributed by atoms with van der Waals surface area (Å²) in [4.78, 5) is 7.74. The number of fused-ring (bicyclic) bond motifs is 2. The minimum absolute atomic E-state index is 0.584. The number of hydrogen-bond donors (Lipinski definition) is 2. The minimum atomic E-state index is 0.584. The molecule has 29 heavy (non-hydrogen) atoms. The molecule has 0 bridgehead atoms. The van der Waals surface area contributed by atoms with Crippen LogP contribution in [0.5, 0.6) is 0 Å². The fourth-order valence-electron chi connectivity index (χ4n) is 3.24. The van der Waals surface area contributed by atoms with E-state index in [1.54, 1.807) is 0 Å². The number of aromatic nitrogens is 2. The predicted octanol–water partition coefficient (Wildman–Crippen LogP) is 5.87. The molecule has 6 heteroatoms. The second kappa shape index (κ2) is 7.11. The molecule has 0 spiro atoms. The Labute approximate surface area is 171 Å². The zero-order valence-corrected chi connectivity index (χ0v) is 16.4. The molecule has 0 aliphatic carbocycles. The zero-order chi connectivity index (χ0) is 19.8. The number of rotatable bonds is 3. The van der Waals surface area contributed by atoms with Crippen LogP contribution in [-0.2, 0) is 0 Å². The van der Waals surface area contributed by atoms with Crippen molar-refractivity contribution >= 4 is 39.6 Å². The smallest absolute Gasteiger partial charge is 0.222 e. The summed E-state index contributed by atoms with van der Waals surface area (Å²) in [7, 11) is 0. The number of halogens is 1. The molecular weight excluding hydrogens is 384 g/mol. The monoisotopic (exact) mass is 400 g/mol. The van der Waals surface area contributed by atoms with E-state index >= 15 is 0 Å². The number of anilines is 1. The first-order valence-corrected chi connectivity index (χ1v) is 9.58. The van der Waals surface area contributed by atoms with Crippen molar-refractivity contribution < 1.29 is 4.42 Å². The Bertz CT molecular complexity index is 1370. The molecule has 5 rings (SSSR count). The minimum Gasteiger partial charge on any atom is -0.456 e. The lowest BCUT2D eigenvalue weighted by molar-refractivity contribution is 0.618. The number of nitrogens with zero attached hydrogens (tertiary/aromatic N) is 2. The Morgan fingerprint density at radius 2 is 1.83 bits per heavy atom. The highest BCUT2D eigenvalue weighted by Gasteiger charge is 2.07. The standard InChI is InChI=1S/C23H17ClN4O/c1-14-6-11-17-20(27-28-23-25-18-4-2-3-5-19(18)26-23)13-21(29-22(17)12-14)15-7-9-16(24)10-8-15/h2-13H,1H3,(H2,25,26,28)/b27-20+. The average Bonchev–Trinajstić information content (AvgIpc) is 3.15. The van der Waals surface area contributed by atoms with Gasteiger partial charge in [-0.3, -0.25) is 0 Å². The van der Waals surface area contributed by atoms with E-state index in [1.807, 2.05) is 79.7 Å². The fraction of sp³-hybridized carbons (Fsp3) is 0.0435. The van der Waals surface area contributed by atoms with Crippen LogP contribution in [0, 0.1) is 6.92 Å². The normalized spacial score (nSPS) is 12.0. The van der Waals surface area contributed by atoms with Crippen LogP contribution >= 0.6 is 11.6 Å². The molecule has 0 radical (unpaired) electrons. The second-order valence-corrected chi connectivity index (χ2v) is 7.26. The first-order chi connectivity index (χ1) is 14.2. The number of nitrogens with one attached hydrogen (secondary N) is 2. The van der Waals surface area contributed by atoms with Crippen molar-refractivity contribution in [1.29, 1.82) is 0 Å². The summed E-state index contributed by atoms with van der Waals surface area (Å²) in [6.45, 7) is 2.04. The molecule has 0 saturated heterocycles. The molecule has 5 nitrogen and oxygen atoms in total. The zero-order valence-electron chi connectivity index (χ0n) is 15.6. The molecule has 0 fully saturated rings. The Kier molecular flexibility index (Phi) is 4.30. The molecule has 3 aromatic carbocycles. The van der Waals surface area contributed by atoms with Crippen molar-refractivity contribution in [3.05, 3.63) is 88.7 Å². The molecule has 0 saturated carbocycles. The number of H-pyrrole nitrogens is 1. The van der Waals surface area contributed by atoms with Crippen molar-refractivity contribution in [1.82, 2.24) is 9.97 Å². The molecule has 2 N–H and O–H groups in total. The van der Waals surface area contributed by atoms with Gasteiger partial charge >= 0.3 is 0 Å². The van der Waals surface area contributed by atoms with Crippen LogP contribution < -0.4 is 10.8 Å². The van der Waals surface area contributed by atoms with E-state index in [0.717, 1.165) is 38.5 Å². The second-order valence-electron chi connectivity index (χ2n) is 6.83. The van der Waals surface area contributed by atoms with Crippen molar-refractivity contribution in [2.45, 2.75) is 6.92 Å². The van der Waals surface area contributed by atoms with Crippen LogP contribution in [0.4, 0.5) is 5.95 Å². The first kappa shape index (κ1) is 17.5. The Hall–Kier alpha value is -3.57. The fourth-order valence-corrected chi connectivity index (χ4v) is 3.37. The van der Waals surface area contributed by atoms with Crippen molar-refractivity contribution in [3.63, 3.8) is 0 Å². The van der Waals surface area contributed by atoms with E-state index in [4.69, 9.17) is 16.0 Å². The van der Waals surface area contributed by atoms with Gasteiger partial charge in [0.1, 0.15) is 11.3 Å². The number of para-hydroxylation sites is 2. The van der Waals surface area contributed by atoms with E-state index < -0.39 is 0 Å². The number of imidazole rings is 1. The van der Waals surface area contributed by atoms with E-state index in [1.165, 1.54) is 0 Å². The Morgan fingerprint density at radius 3 is 2.66 bits per heavy atom. The van der Waals surface area contributed by atoms with Gasteiger partial charge in [0.05, 0.1) is 16.4 Å². The van der Waals surface area contributed by atoms with Gasteiger partial charge in [0, 0.05) is 22.0 Å². The van der Waals surface area contributed by atoms with E-state index in [9.17, 15) is 0 Å². The lowest BCUT2D eigenvalue weighted by atomic mass is 10.1. The molecule has 0 unspecified atom stereocenters. The number of aryl methyl sites for hydroxylation is 1. The van der Waals surface area contributed by atoms with Gasteiger partial charge in [0.2, 0.25) is 5.95 Å². The van der Waals surface area contributed by atoms with E-state index in [2.05, 4.69) is 20.5 Å². The molecule has 142 valence electrons. The molecule has 2 heterocycles. The number of benzene rings is 3. The highest BCUT2D eigenvalue weighted by Crippen LogP contribution is 2.24.